The lowest BCUT2D eigenvalue weighted by Gasteiger charge is -2.50. The van der Waals surface area contributed by atoms with Gasteiger partial charge in [0.1, 0.15) is 6.10 Å². The second-order valence-corrected chi connectivity index (χ2v) is 8.78. The summed E-state index contributed by atoms with van der Waals surface area (Å²) in [6.07, 6.45) is 1.18. The van der Waals surface area contributed by atoms with E-state index in [1.54, 1.807) is 6.07 Å². The molecule has 0 saturated heterocycles. The van der Waals surface area contributed by atoms with Crippen LogP contribution in [-0.2, 0) is 16.0 Å². The Labute approximate surface area is 156 Å². The molecule has 1 aromatic carbocycles. The predicted molar refractivity (Wildman–Crippen MR) is 99.9 cm³/mol. The van der Waals surface area contributed by atoms with Crippen LogP contribution in [0.5, 0.6) is 11.5 Å². The van der Waals surface area contributed by atoms with Crippen molar-refractivity contribution in [2.75, 3.05) is 0 Å². The first-order valence-electron chi connectivity index (χ1n) is 9.38. The summed E-state index contributed by atoms with van der Waals surface area (Å²) in [4.78, 5) is 12.5. The van der Waals surface area contributed by atoms with Gasteiger partial charge in [-0.3, -0.25) is 0 Å². The summed E-state index contributed by atoms with van der Waals surface area (Å²) in [5.74, 6) is -0.714. The number of phenolic OH excluding ortho intramolecular Hbond substituents is 2. The first-order valence-corrected chi connectivity index (χ1v) is 9.38. The van der Waals surface area contributed by atoms with E-state index >= 15 is 0 Å². The van der Waals surface area contributed by atoms with Crippen LogP contribution in [0.4, 0.5) is 0 Å². The van der Waals surface area contributed by atoms with Gasteiger partial charge >= 0.3 is 5.97 Å². The minimum Gasteiger partial charge on any atom is -0.504 e. The summed E-state index contributed by atoms with van der Waals surface area (Å²) < 4.78 is 5.75. The average Bonchev–Trinajstić information content (AvgIpc) is 2.55. The standard InChI is InChI=1S/C21H32O5/c1-6-21(5)12-20(3,4)13(2)9-18(21)26-19(25)17(24)11-14-7-8-15(22)16(23)10-14/h7-8,10,13,17-18,22-24H,6,9,11-12H2,1-5H3/t13-,17-,18+,21-/m1/s1. The van der Waals surface area contributed by atoms with Crippen LogP contribution in [0.1, 0.15) is 59.4 Å². The minimum atomic E-state index is -1.30. The number of aliphatic hydroxyl groups is 1. The number of aromatic hydroxyl groups is 2. The van der Waals surface area contributed by atoms with Gasteiger partial charge in [-0.05, 0) is 48.3 Å². The first kappa shape index (κ1) is 20.6. The van der Waals surface area contributed by atoms with Crippen molar-refractivity contribution < 1.29 is 24.9 Å². The molecule has 1 aliphatic carbocycles. The molecule has 2 rings (SSSR count). The number of hydrogen-bond acceptors (Lipinski definition) is 5. The molecule has 146 valence electrons. The number of ether oxygens (including phenoxy) is 1. The van der Waals surface area contributed by atoms with Gasteiger partial charge in [0.15, 0.2) is 17.6 Å². The molecule has 0 bridgehead atoms. The van der Waals surface area contributed by atoms with E-state index in [9.17, 15) is 20.1 Å². The van der Waals surface area contributed by atoms with Crippen LogP contribution >= 0.6 is 0 Å². The molecular formula is C21H32O5. The Bertz CT molecular complexity index is 654. The van der Waals surface area contributed by atoms with E-state index in [1.807, 2.05) is 0 Å². The maximum absolute atomic E-state index is 12.5. The maximum Gasteiger partial charge on any atom is 0.335 e. The van der Waals surface area contributed by atoms with Crippen molar-refractivity contribution in [2.45, 2.75) is 72.5 Å². The Morgan fingerprint density at radius 1 is 1.27 bits per heavy atom. The summed E-state index contributed by atoms with van der Waals surface area (Å²) >= 11 is 0. The summed E-state index contributed by atoms with van der Waals surface area (Å²) in [7, 11) is 0. The fraction of sp³-hybridized carbons (Fsp3) is 0.667. The van der Waals surface area contributed by atoms with E-state index in [1.165, 1.54) is 12.1 Å². The highest BCUT2D eigenvalue weighted by Crippen LogP contribution is 2.51. The van der Waals surface area contributed by atoms with E-state index in [0.717, 1.165) is 19.3 Å². The third-order valence-electron chi connectivity index (χ3n) is 6.35. The van der Waals surface area contributed by atoms with Gasteiger partial charge in [-0.15, -0.1) is 0 Å². The third-order valence-corrected chi connectivity index (χ3v) is 6.35. The average molecular weight is 364 g/mol. The number of carbonyl (C=O) groups excluding carboxylic acids is 1. The molecule has 26 heavy (non-hydrogen) atoms. The van der Waals surface area contributed by atoms with Crippen molar-refractivity contribution in [3.05, 3.63) is 23.8 Å². The largest absolute Gasteiger partial charge is 0.504 e. The topological polar surface area (TPSA) is 87.0 Å². The van der Waals surface area contributed by atoms with Crippen molar-refractivity contribution >= 4 is 5.97 Å². The van der Waals surface area contributed by atoms with Gasteiger partial charge in [-0.2, -0.15) is 0 Å². The molecule has 0 spiro atoms. The second-order valence-electron chi connectivity index (χ2n) is 8.78. The minimum absolute atomic E-state index is 0.0310. The Morgan fingerprint density at radius 2 is 1.92 bits per heavy atom. The number of rotatable bonds is 5. The maximum atomic E-state index is 12.5. The fourth-order valence-corrected chi connectivity index (χ4v) is 4.02. The number of esters is 1. The number of carbonyl (C=O) groups is 1. The van der Waals surface area contributed by atoms with Crippen molar-refractivity contribution in [1.29, 1.82) is 0 Å². The zero-order valence-electron chi connectivity index (χ0n) is 16.5. The van der Waals surface area contributed by atoms with E-state index in [-0.39, 0.29) is 34.9 Å². The van der Waals surface area contributed by atoms with E-state index in [0.29, 0.717) is 11.5 Å². The molecule has 0 heterocycles. The summed E-state index contributed by atoms with van der Waals surface area (Å²) in [6.45, 7) is 11.0. The van der Waals surface area contributed by atoms with E-state index < -0.39 is 12.1 Å². The molecule has 4 atom stereocenters. The molecule has 1 aliphatic rings. The summed E-state index contributed by atoms with van der Waals surface area (Å²) in [5.41, 5.74) is 0.638. The molecule has 0 aliphatic heterocycles. The lowest BCUT2D eigenvalue weighted by Crippen LogP contribution is -2.48. The molecule has 3 N–H and O–H groups in total. The van der Waals surface area contributed by atoms with Crippen molar-refractivity contribution in [2.24, 2.45) is 16.7 Å². The first-order chi connectivity index (χ1) is 12.0. The van der Waals surface area contributed by atoms with Gasteiger partial charge in [-0.25, -0.2) is 4.79 Å². The fourth-order valence-electron chi connectivity index (χ4n) is 4.02. The van der Waals surface area contributed by atoms with Crippen LogP contribution in [0.15, 0.2) is 18.2 Å². The second kappa shape index (κ2) is 7.47. The third kappa shape index (κ3) is 4.32. The van der Waals surface area contributed by atoms with Crippen LogP contribution in [0.25, 0.3) is 0 Å². The molecule has 0 aromatic heterocycles. The van der Waals surface area contributed by atoms with Gasteiger partial charge in [0.05, 0.1) is 0 Å². The smallest absolute Gasteiger partial charge is 0.335 e. The van der Waals surface area contributed by atoms with Crippen LogP contribution < -0.4 is 0 Å². The zero-order chi connectivity index (χ0) is 19.7. The summed E-state index contributed by atoms with van der Waals surface area (Å²) in [5, 5.41) is 29.1. The molecule has 1 aromatic rings. The highest BCUT2D eigenvalue weighted by Gasteiger charge is 2.48. The SMILES string of the molecule is CC[C@]1(C)CC(C)(C)[C@H](C)C[C@@H]1OC(=O)[C@H](O)Cc1ccc(O)c(O)c1. The number of aliphatic hydroxyl groups excluding tert-OH is 1. The van der Waals surface area contributed by atoms with Crippen LogP contribution in [-0.4, -0.2) is 33.5 Å². The lowest BCUT2D eigenvalue weighted by molar-refractivity contribution is -0.176. The molecule has 1 saturated carbocycles. The molecule has 1 fully saturated rings. The van der Waals surface area contributed by atoms with Crippen LogP contribution in [0, 0.1) is 16.7 Å². The normalized spacial score (nSPS) is 29.2. The van der Waals surface area contributed by atoms with Gasteiger partial charge in [0.2, 0.25) is 0 Å². The Morgan fingerprint density at radius 3 is 2.50 bits per heavy atom. The predicted octanol–water partition coefficient (Wildman–Crippen LogP) is 3.79. The molecule has 0 radical (unpaired) electrons. The number of phenols is 2. The molecule has 5 nitrogen and oxygen atoms in total. The van der Waals surface area contributed by atoms with Gasteiger partial charge < -0.3 is 20.1 Å². The summed E-state index contributed by atoms with van der Waals surface area (Å²) in [6, 6.07) is 4.24. The number of benzene rings is 1. The van der Waals surface area contributed by atoms with Gasteiger partial charge in [0, 0.05) is 11.8 Å². The monoisotopic (exact) mass is 364 g/mol. The van der Waals surface area contributed by atoms with Gasteiger partial charge in [-0.1, -0.05) is 40.7 Å². The van der Waals surface area contributed by atoms with Crippen molar-refractivity contribution in [3.8, 4) is 11.5 Å². The quantitative estimate of drug-likeness (QED) is 0.547. The Hall–Kier alpha value is -1.75. The van der Waals surface area contributed by atoms with Crippen LogP contribution in [0.2, 0.25) is 0 Å². The Kier molecular flexibility index (Phi) is 5.91. The highest BCUT2D eigenvalue weighted by molar-refractivity contribution is 5.75. The molecular weight excluding hydrogens is 332 g/mol. The molecule has 0 amide bonds. The zero-order valence-corrected chi connectivity index (χ0v) is 16.5. The lowest BCUT2D eigenvalue weighted by atomic mass is 9.57. The molecule has 0 unspecified atom stereocenters. The molecule has 5 heteroatoms. The Balaban J connectivity index is 2.06. The van der Waals surface area contributed by atoms with Crippen molar-refractivity contribution in [3.63, 3.8) is 0 Å². The van der Waals surface area contributed by atoms with E-state index in [2.05, 4.69) is 34.6 Å². The van der Waals surface area contributed by atoms with E-state index in [4.69, 9.17) is 4.74 Å². The van der Waals surface area contributed by atoms with Crippen LogP contribution in [0.3, 0.4) is 0 Å². The number of hydrogen-bond donors (Lipinski definition) is 3. The van der Waals surface area contributed by atoms with Crippen molar-refractivity contribution in [1.82, 2.24) is 0 Å². The highest BCUT2D eigenvalue weighted by atomic mass is 16.6. The van der Waals surface area contributed by atoms with Gasteiger partial charge in [0.25, 0.3) is 0 Å².